The van der Waals surface area contributed by atoms with E-state index in [0.29, 0.717) is 26.9 Å². The average molecular weight is 428 g/mol. The van der Waals surface area contributed by atoms with Gasteiger partial charge in [0, 0.05) is 24.1 Å². The standard InChI is InChI=1S/C22H18F2N2O3S/c1-22(2,28)12-4-6-17(29-18-7-5-13(23)11-16(18)24)15(10-12)19-14-8-9-30-20(14)21(27)26(3)25-19/h4-11,28H,1-3H3. The number of rotatable bonds is 4. The fraction of sp³-hybridized carbons (Fsp3) is 0.182. The van der Waals surface area contributed by atoms with E-state index in [-0.39, 0.29) is 17.1 Å². The van der Waals surface area contributed by atoms with Crippen LogP contribution in [0.4, 0.5) is 8.78 Å². The number of aliphatic hydroxyl groups is 1. The molecule has 0 saturated carbocycles. The summed E-state index contributed by atoms with van der Waals surface area (Å²) in [5, 5.41) is 17.3. The van der Waals surface area contributed by atoms with Gasteiger partial charge in [-0.05, 0) is 55.1 Å². The number of halogens is 2. The Hall–Kier alpha value is -3.10. The van der Waals surface area contributed by atoms with Crippen LogP contribution in [0.15, 0.2) is 52.6 Å². The molecule has 2 heterocycles. The summed E-state index contributed by atoms with van der Waals surface area (Å²) in [6.45, 7) is 3.28. The smallest absolute Gasteiger partial charge is 0.284 e. The molecule has 0 saturated heterocycles. The summed E-state index contributed by atoms with van der Waals surface area (Å²) in [6, 6.07) is 9.77. The first-order chi connectivity index (χ1) is 14.1. The molecule has 8 heteroatoms. The van der Waals surface area contributed by atoms with Crippen molar-refractivity contribution in [3.63, 3.8) is 0 Å². The number of aryl methyl sites for hydroxylation is 1. The maximum absolute atomic E-state index is 14.2. The molecule has 0 bridgehead atoms. The van der Waals surface area contributed by atoms with Crippen molar-refractivity contribution in [2.24, 2.45) is 7.05 Å². The van der Waals surface area contributed by atoms with Gasteiger partial charge in [0.15, 0.2) is 11.6 Å². The van der Waals surface area contributed by atoms with E-state index >= 15 is 0 Å². The topological polar surface area (TPSA) is 64.3 Å². The molecule has 0 fully saturated rings. The number of ether oxygens (including phenoxy) is 1. The molecule has 0 radical (unpaired) electrons. The van der Waals surface area contributed by atoms with Gasteiger partial charge in [-0.1, -0.05) is 6.07 Å². The number of thiophene rings is 1. The zero-order chi connectivity index (χ0) is 21.6. The van der Waals surface area contributed by atoms with Gasteiger partial charge in [-0.15, -0.1) is 11.3 Å². The zero-order valence-electron chi connectivity index (χ0n) is 16.4. The summed E-state index contributed by atoms with van der Waals surface area (Å²) in [5.41, 5.74) is 0.134. The molecule has 30 heavy (non-hydrogen) atoms. The number of benzene rings is 2. The Morgan fingerprint density at radius 1 is 1.10 bits per heavy atom. The molecule has 0 amide bonds. The Bertz CT molecular complexity index is 1320. The molecule has 0 aliphatic heterocycles. The van der Waals surface area contributed by atoms with Crippen molar-refractivity contribution >= 4 is 21.4 Å². The minimum absolute atomic E-state index is 0.153. The average Bonchev–Trinajstić information content (AvgIpc) is 3.16. The van der Waals surface area contributed by atoms with Crippen molar-refractivity contribution in [3.8, 4) is 22.8 Å². The Morgan fingerprint density at radius 3 is 2.53 bits per heavy atom. The molecule has 0 aliphatic carbocycles. The molecule has 0 atom stereocenters. The van der Waals surface area contributed by atoms with Gasteiger partial charge in [0.1, 0.15) is 22.0 Å². The highest BCUT2D eigenvalue weighted by molar-refractivity contribution is 7.17. The van der Waals surface area contributed by atoms with E-state index in [9.17, 15) is 18.7 Å². The third kappa shape index (κ3) is 3.59. The summed E-state index contributed by atoms with van der Waals surface area (Å²) in [7, 11) is 1.55. The van der Waals surface area contributed by atoms with Crippen molar-refractivity contribution in [2.75, 3.05) is 0 Å². The van der Waals surface area contributed by atoms with Crippen LogP contribution in [0.1, 0.15) is 19.4 Å². The number of hydrogen-bond donors (Lipinski definition) is 1. The molecule has 4 aromatic rings. The minimum atomic E-state index is -1.15. The number of aromatic nitrogens is 2. The second kappa shape index (κ2) is 7.30. The van der Waals surface area contributed by atoms with Crippen LogP contribution in [0.5, 0.6) is 11.5 Å². The van der Waals surface area contributed by atoms with Gasteiger partial charge in [-0.25, -0.2) is 13.5 Å². The fourth-order valence-corrected chi connectivity index (χ4v) is 3.98. The molecule has 5 nitrogen and oxygen atoms in total. The van der Waals surface area contributed by atoms with E-state index in [1.807, 2.05) is 0 Å². The lowest BCUT2D eigenvalue weighted by molar-refractivity contribution is 0.0786. The fourth-order valence-electron chi connectivity index (χ4n) is 3.12. The Morgan fingerprint density at radius 2 is 1.83 bits per heavy atom. The molecule has 0 aliphatic rings. The van der Waals surface area contributed by atoms with E-state index < -0.39 is 17.2 Å². The Kier molecular flexibility index (Phi) is 4.91. The van der Waals surface area contributed by atoms with Crippen molar-refractivity contribution < 1.29 is 18.6 Å². The van der Waals surface area contributed by atoms with E-state index in [2.05, 4.69) is 5.10 Å². The predicted octanol–water partition coefficient (Wildman–Crippen LogP) is 4.96. The van der Waals surface area contributed by atoms with Crippen LogP contribution in [-0.2, 0) is 12.6 Å². The van der Waals surface area contributed by atoms with Crippen molar-refractivity contribution in [3.05, 3.63) is 75.4 Å². The summed E-state index contributed by atoms with van der Waals surface area (Å²) >= 11 is 1.30. The lowest BCUT2D eigenvalue weighted by atomic mass is 9.94. The maximum atomic E-state index is 14.2. The first-order valence-corrected chi connectivity index (χ1v) is 9.98. The van der Waals surface area contributed by atoms with Gasteiger partial charge in [-0.3, -0.25) is 4.79 Å². The van der Waals surface area contributed by atoms with Crippen molar-refractivity contribution in [1.29, 1.82) is 0 Å². The van der Waals surface area contributed by atoms with Crippen LogP contribution in [0.2, 0.25) is 0 Å². The van der Waals surface area contributed by atoms with Crippen LogP contribution in [0.25, 0.3) is 21.3 Å². The SMILES string of the molecule is Cn1nc(-c2cc(C(C)(C)O)ccc2Oc2ccc(F)cc2F)c2ccsc2c1=O. The first kappa shape index (κ1) is 20.2. The normalized spacial score (nSPS) is 11.8. The van der Waals surface area contributed by atoms with E-state index in [4.69, 9.17) is 4.74 Å². The van der Waals surface area contributed by atoms with Crippen LogP contribution in [0.3, 0.4) is 0 Å². The molecule has 0 unspecified atom stereocenters. The van der Waals surface area contributed by atoms with Gasteiger partial charge in [0.2, 0.25) is 0 Å². The summed E-state index contributed by atoms with van der Waals surface area (Å²) < 4.78 is 35.0. The third-order valence-electron chi connectivity index (χ3n) is 4.71. The van der Waals surface area contributed by atoms with Gasteiger partial charge >= 0.3 is 0 Å². The monoisotopic (exact) mass is 428 g/mol. The lowest BCUT2D eigenvalue weighted by Gasteiger charge is -2.21. The van der Waals surface area contributed by atoms with E-state index in [0.717, 1.165) is 12.1 Å². The second-order valence-corrected chi connectivity index (χ2v) is 8.30. The Labute approximate surface area is 174 Å². The van der Waals surface area contributed by atoms with Gasteiger partial charge in [-0.2, -0.15) is 5.10 Å². The van der Waals surface area contributed by atoms with Crippen LogP contribution < -0.4 is 10.3 Å². The number of nitrogens with zero attached hydrogens (tertiary/aromatic N) is 2. The molecular formula is C22H18F2N2O3S. The highest BCUT2D eigenvalue weighted by Crippen LogP contribution is 2.39. The minimum Gasteiger partial charge on any atom is -0.454 e. The first-order valence-electron chi connectivity index (χ1n) is 9.10. The van der Waals surface area contributed by atoms with Gasteiger partial charge in [0.25, 0.3) is 5.56 Å². The number of hydrogen-bond acceptors (Lipinski definition) is 5. The molecule has 4 rings (SSSR count). The third-order valence-corrected chi connectivity index (χ3v) is 5.62. The summed E-state index contributed by atoms with van der Waals surface area (Å²) in [6.07, 6.45) is 0. The molecular weight excluding hydrogens is 410 g/mol. The zero-order valence-corrected chi connectivity index (χ0v) is 17.3. The quantitative estimate of drug-likeness (QED) is 0.499. The molecule has 0 spiro atoms. The molecule has 154 valence electrons. The molecule has 2 aromatic heterocycles. The van der Waals surface area contributed by atoms with E-state index in [1.54, 1.807) is 50.5 Å². The second-order valence-electron chi connectivity index (χ2n) is 7.39. The van der Waals surface area contributed by atoms with Crippen molar-refractivity contribution in [1.82, 2.24) is 9.78 Å². The number of fused-ring (bicyclic) bond motifs is 1. The van der Waals surface area contributed by atoms with Crippen LogP contribution >= 0.6 is 11.3 Å². The van der Waals surface area contributed by atoms with Crippen molar-refractivity contribution in [2.45, 2.75) is 19.4 Å². The molecule has 2 aromatic carbocycles. The van der Waals surface area contributed by atoms with Crippen LogP contribution in [-0.4, -0.2) is 14.9 Å². The highest BCUT2D eigenvalue weighted by Gasteiger charge is 2.22. The maximum Gasteiger partial charge on any atom is 0.284 e. The predicted molar refractivity (Wildman–Crippen MR) is 112 cm³/mol. The highest BCUT2D eigenvalue weighted by atomic mass is 32.1. The van der Waals surface area contributed by atoms with Gasteiger partial charge < -0.3 is 9.84 Å². The lowest BCUT2D eigenvalue weighted by Crippen LogP contribution is -2.19. The van der Waals surface area contributed by atoms with Gasteiger partial charge in [0.05, 0.1) is 5.60 Å². The largest absolute Gasteiger partial charge is 0.454 e. The Balaban J connectivity index is 1.96. The summed E-state index contributed by atoms with van der Waals surface area (Å²) in [5.74, 6) is -1.45. The van der Waals surface area contributed by atoms with E-state index in [1.165, 1.54) is 22.1 Å². The summed E-state index contributed by atoms with van der Waals surface area (Å²) in [4.78, 5) is 12.4. The molecule has 1 N–H and O–H groups in total. The van der Waals surface area contributed by atoms with Crippen LogP contribution in [0, 0.1) is 11.6 Å².